The van der Waals surface area contributed by atoms with Crippen molar-refractivity contribution >= 4 is 23.5 Å². The van der Waals surface area contributed by atoms with Gasteiger partial charge in [0, 0.05) is 56.5 Å². The van der Waals surface area contributed by atoms with Crippen LogP contribution in [0.3, 0.4) is 0 Å². The van der Waals surface area contributed by atoms with Gasteiger partial charge in [-0.2, -0.15) is 18.2 Å². The molecule has 0 saturated carbocycles. The molecule has 0 spiro atoms. The average molecular weight is 523 g/mol. The van der Waals surface area contributed by atoms with Crippen LogP contribution in [0, 0.1) is 12.8 Å². The number of carbonyl (C=O) groups is 1. The molecular formula is C25H33F3N6O3. The first kappa shape index (κ1) is 26.9. The fourth-order valence-electron chi connectivity index (χ4n) is 4.53. The third-order valence-corrected chi connectivity index (χ3v) is 6.46. The summed E-state index contributed by atoms with van der Waals surface area (Å²) in [4.78, 5) is 25.6. The Morgan fingerprint density at radius 1 is 1.22 bits per heavy atom. The number of rotatable bonds is 7. The van der Waals surface area contributed by atoms with Gasteiger partial charge in [-0.05, 0) is 43.9 Å². The Morgan fingerprint density at radius 3 is 2.68 bits per heavy atom. The summed E-state index contributed by atoms with van der Waals surface area (Å²) in [5.74, 6) is 0.524. The summed E-state index contributed by atoms with van der Waals surface area (Å²) in [5.41, 5.74) is 2.88. The Kier molecular flexibility index (Phi) is 8.38. The first-order valence-electron chi connectivity index (χ1n) is 12.4. The van der Waals surface area contributed by atoms with E-state index in [1.165, 1.54) is 4.90 Å². The molecule has 0 radical (unpaired) electrons. The molecule has 0 aliphatic carbocycles. The normalized spacial score (nSPS) is 19.1. The number of amides is 2. The highest BCUT2D eigenvalue weighted by molar-refractivity contribution is 5.90. The second-order valence-electron chi connectivity index (χ2n) is 9.64. The van der Waals surface area contributed by atoms with Crippen molar-refractivity contribution in [2.24, 2.45) is 5.92 Å². The molecule has 202 valence electrons. The lowest BCUT2D eigenvalue weighted by molar-refractivity contribution is -0.143. The number of aliphatic hydroxyl groups is 1. The van der Waals surface area contributed by atoms with E-state index in [9.17, 15) is 23.1 Å². The van der Waals surface area contributed by atoms with Crippen LogP contribution in [-0.2, 0) is 4.74 Å². The SMILES string of the molecule is Cc1ccc(NC(=O)N2CCC(CC(F)(F)F)C2)cc1-c1cc(N2CCOCC2)nc(NC[C@@H](C)O)n1. The Morgan fingerprint density at radius 2 is 1.97 bits per heavy atom. The number of aryl methyl sites for hydroxylation is 1. The van der Waals surface area contributed by atoms with Crippen LogP contribution in [0.5, 0.6) is 0 Å². The number of nitrogens with one attached hydrogen (secondary N) is 2. The second-order valence-corrected chi connectivity index (χ2v) is 9.64. The van der Waals surface area contributed by atoms with Gasteiger partial charge in [0.2, 0.25) is 5.95 Å². The van der Waals surface area contributed by atoms with E-state index in [0.29, 0.717) is 56.6 Å². The number of likely N-dealkylation sites (tertiary alicyclic amines) is 1. The Labute approximate surface area is 214 Å². The van der Waals surface area contributed by atoms with Crippen molar-refractivity contribution in [3.8, 4) is 11.3 Å². The molecule has 2 aromatic rings. The Hall–Kier alpha value is -3.12. The van der Waals surface area contributed by atoms with Crippen LogP contribution in [0.15, 0.2) is 24.3 Å². The summed E-state index contributed by atoms with van der Waals surface area (Å²) in [6, 6.07) is 6.89. The van der Waals surface area contributed by atoms with E-state index in [2.05, 4.69) is 25.5 Å². The number of hydrogen-bond donors (Lipinski definition) is 3. The van der Waals surface area contributed by atoms with Gasteiger partial charge < -0.3 is 30.3 Å². The van der Waals surface area contributed by atoms with Crippen LogP contribution in [0.2, 0.25) is 0 Å². The maximum atomic E-state index is 12.8. The fourth-order valence-corrected chi connectivity index (χ4v) is 4.53. The molecule has 2 aliphatic rings. The van der Waals surface area contributed by atoms with Crippen LogP contribution in [0.25, 0.3) is 11.3 Å². The van der Waals surface area contributed by atoms with Gasteiger partial charge in [0.1, 0.15) is 5.82 Å². The molecule has 2 atom stereocenters. The van der Waals surface area contributed by atoms with E-state index < -0.39 is 30.7 Å². The highest BCUT2D eigenvalue weighted by Gasteiger charge is 2.36. The summed E-state index contributed by atoms with van der Waals surface area (Å²) in [5, 5.41) is 15.6. The standard InChI is InChI=1S/C25H33F3N6O3/c1-16-3-4-19(30-24(36)34-6-5-18(15-34)13-25(26,27)28)11-20(16)21-12-22(33-7-9-37-10-8-33)32-23(31-21)29-14-17(2)35/h3-4,11-12,17-18,35H,5-10,13-15H2,1-2H3,(H,30,36)(H,29,31,32)/t17-,18?/m1/s1. The highest BCUT2D eigenvalue weighted by atomic mass is 19.4. The highest BCUT2D eigenvalue weighted by Crippen LogP contribution is 2.32. The number of benzene rings is 1. The number of hydrogen-bond acceptors (Lipinski definition) is 7. The molecule has 0 bridgehead atoms. The van der Waals surface area contributed by atoms with E-state index in [1.807, 2.05) is 19.1 Å². The Bertz CT molecular complexity index is 1090. The lowest BCUT2D eigenvalue weighted by atomic mass is 10.0. The van der Waals surface area contributed by atoms with Gasteiger partial charge in [0.25, 0.3) is 0 Å². The molecule has 1 unspecified atom stereocenters. The van der Waals surface area contributed by atoms with Crippen molar-refractivity contribution in [1.82, 2.24) is 14.9 Å². The molecule has 9 nitrogen and oxygen atoms in total. The van der Waals surface area contributed by atoms with Gasteiger partial charge in [0.05, 0.1) is 25.0 Å². The number of morpholine rings is 1. The number of urea groups is 1. The predicted molar refractivity (Wildman–Crippen MR) is 135 cm³/mol. The third kappa shape index (κ3) is 7.45. The number of nitrogens with zero attached hydrogens (tertiary/aromatic N) is 4. The number of carbonyl (C=O) groups excluding carboxylic acids is 1. The van der Waals surface area contributed by atoms with Gasteiger partial charge in [-0.3, -0.25) is 0 Å². The van der Waals surface area contributed by atoms with Gasteiger partial charge in [-0.15, -0.1) is 0 Å². The topological polar surface area (TPSA) is 103 Å². The molecule has 2 amide bonds. The lowest BCUT2D eigenvalue weighted by Crippen LogP contribution is -2.37. The summed E-state index contributed by atoms with van der Waals surface area (Å²) < 4.78 is 43.7. The van der Waals surface area contributed by atoms with Crippen molar-refractivity contribution < 1.29 is 27.8 Å². The molecule has 2 aliphatic heterocycles. The number of aromatic nitrogens is 2. The molecule has 3 N–H and O–H groups in total. The van der Waals surface area contributed by atoms with Crippen molar-refractivity contribution in [2.75, 3.05) is 61.5 Å². The number of alkyl halides is 3. The molecule has 1 aromatic carbocycles. The van der Waals surface area contributed by atoms with Crippen molar-refractivity contribution in [2.45, 2.75) is 39.0 Å². The zero-order valence-electron chi connectivity index (χ0n) is 21.0. The van der Waals surface area contributed by atoms with Gasteiger partial charge in [-0.1, -0.05) is 6.07 Å². The largest absolute Gasteiger partial charge is 0.392 e. The van der Waals surface area contributed by atoms with Crippen LogP contribution in [0.1, 0.15) is 25.3 Å². The number of aliphatic hydroxyl groups excluding tert-OH is 1. The van der Waals surface area contributed by atoms with E-state index in [-0.39, 0.29) is 13.1 Å². The van der Waals surface area contributed by atoms with E-state index >= 15 is 0 Å². The molecule has 1 aromatic heterocycles. The van der Waals surface area contributed by atoms with Crippen LogP contribution in [0.4, 0.5) is 35.4 Å². The average Bonchev–Trinajstić information content (AvgIpc) is 3.31. The summed E-state index contributed by atoms with van der Waals surface area (Å²) in [7, 11) is 0. The predicted octanol–water partition coefficient (Wildman–Crippen LogP) is 3.89. The first-order valence-corrected chi connectivity index (χ1v) is 12.4. The Balaban J connectivity index is 1.54. The molecular weight excluding hydrogens is 489 g/mol. The summed E-state index contributed by atoms with van der Waals surface area (Å²) >= 11 is 0. The molecule has 12 heteroatoms. The number of anilines is 3. The first-order chi connectivity index (χ1) is 17.6. The molecule has 4 rings (SSSR count). The quantitative estimate of drug-likeness (QED) is 0.507. The number of halogens is 3. The smallest absolute Gasteiger partial charge is 0.389 e. The van der Waals surface area contributed by atoms with E-state index in [0.717, 1.165) is 16.9 Å². The fraction of sp³-hybridized carbons (Fsp3) is 0.560. The summed E-state index contributed by atoms with van der Waals surface area (Å²) in [6.45, 7) is 6.82. The van der Waals surface area contributed by atoms with Crippen molar-refractivity contribution in [3.05, 3.63) is 29.8 Å². The third-order valence-electron chi connectivity index (χ3n) is 6.46. The van der Waals surface area contributed by atoms with Crippen LogP contribution < -0.4 is 15.5 Å². The van der Waals surface area contributed by atoms with E-state index in [1.54, 1.807) is 19.1 Å². The van der Waals surface area contributed by atoms with E-state index in [4.69, 9.17) is 4.74 Å². The lowest BCUT2D eigenvalue weighted by Gasteiger charge is -2.28. The van der Waals surface area contributed by atoms with Crippen molar-refractivity contribution in [1.29, 1.82) is 0 Å². The molecule has 37 heavy (non-hydrogen) atoms. The van der Waals surface area contributed by atoms with Crippen LogP contribution >= 0.6 is 0 Å². The monoisotopic (exact) mass is 522 g/mol. The van der Waals surface area contributed by atoms with Gasteiger partial charge in [-0.25, -0.2) is 9.78 Å². The maximum absolute atomic E-state index is 12.8. The minimum Gasteiger partial charge on any atom is -0.392 e. The molecule has 2 fully saturated rings. The molecule has 2 saturated heterocycles. The summed E-state index contributed by atoms with van der Waals surface area (Å²) in [6.07, 6.45) is -5.36. The van der Waals surface area contributed by atoms with Gasteiger partial charge in [0.15, 0.2) is 0 Å². The van der Waals surface area contributed by atoms with Crippen LogP contribution in [-0.4, -0.2) is 84.2 Å². The van der Waals surface area contributed by atoms with Gasteiger partial charge >= 0.3 is 12.2 Å². The second kappa shape index (κ2) is 11.5. The zero-order chi connectivity index (χ0) is 26.6. The minimum atomic E-state index is -4.23. The molecule has 3 heterocycles. The number of ether oxygens (including phenoxy) is 1. The van der Waals surface area contributed by atoms with Crippen molar-refractivity contribution in [3.63, 3.8) is 0 Å². The maximum Gasteiger partial charge on any atom is 0.389 e. The zero-order valence-corrected chi connectivity index (χ0v) is 21.0. The minimum absolute atomic E-state index is 0.0805.